The van der Waals surface area contributed by atoms with Gasteiger partial charge in [-0.15, -0.1) is 0 Å². The third kappa shape index (κ3) is 4.29. The van der Waals surface area contributed by atoms with Gasteiger partial charge in [-0.2, -0.15) is 0 Å². The number of ether oxygens (including phenoxy) is 1. The monoisotopic (exact) mass is 330 g/mol. The highest BCUT2D eigenvalue weighted by Gasteiger charge is 2.36. The fourth-order valence-electron chi connectivity index (χ4n) is 2.26. The Morgan fingerprint density at radius 2 is 1.81 bits per heavy atom. The first-order valence-corrected chi connectivity index (χ1v) is 7.06. The van der Waals surface area contributed by atoms with Gasteiger partial charge in [0.05, 0.1) is 17.2 Å². The van der Waals surface area contributed by atoms with E-state index in [1.807, 2.05) is 0 Å². The predicted molar refractivity (Wildman–Crippen MR) is 80.7 cm³/mol. The molecule has 1 aromatic rings. The zero-order chi connectivity index (χ0) is 16.2. The predicted octanol–water partition coefficient (Wildman–Crippen LogP) is 3.43. The van der Waals surface area contributed by atoms with E-state index in [-0.39, 0.29) is 23.0 Å². The van der Waals surface area contributed by atoms with Crippen molar-refractivity contribution in [2.24, 2.45) is 5.92 Å². The van der Waals surface area contributed by atoms with Crippen LogP contribution < -0.4 is 0 Å². The van der Waals surface area contributed by atoms with Crippen molar-refractivity contribution in [3.63, 3.8) is 0 Å². The number of hydrogen-bond donors (Lipinski definition) is 0. The van der Waals surface area contributed by atoms with Crippen LogP contribution in [0.3, 0.4) is 0 Å². The Hall–Kier alpha value is -1.39. The Labute approximate surface area is 133 Å². The lowest BCUT2D eigenvalue weighted by Gasteiger charge is -2.24. The minimum Gasteiger partial charge on any atom is -0.468 e. The van der Waals surface area contributed by atoms with E-state index in [2.05, 4.69) is 4.74 Å². The van der Waals surface area contributed by atoms with E-state index in [9.17, 15) is 14.4 Å². The van der Waals surface area contributed by atoms with Crippen LogP contribution in [0.5, 0.6) is 0 Å². The van der Waals surface area contributed by atoms with Gasteiger partial charge in [0.1, 0.15) is 17.5 Å². The van der Waals surface area contributed by atoms with E-state index in [0.717, 1.165) is 0 Å². The lowest BCUT2D eigenvalue weighted by Crippen LogP contribution is -2.31. The maximum absolute atomic E-state index is 11.9. The molecule has 114 valence electrons. The van der Waals surface area contributed by atoms with E-state index in [1.54, 1.807) is 18.2 Å². The van der Waals surface area contributed by atoms with E-state index in [4.69, 9.17) is 23.2 Å². The number of hydrogen-bond acceptors (Lipinski definition) is 4. The summed E-state index contributed by atoms with van der Waals surface area (Å²) in [7, 11) is 1.20. The Bertz CT molecular complexity index is 569. The van der Waals surface area contributed by atoms with Crippen molar-refractivity contribution >= 4 is 40.7 Å². The van der Waals surface area contributed by atoms with Crippen LogP contribution in [-0.2, 0) is 19.1 Å². The lowest BCUT2D eigenvalue weighted by molar-refractivity contribution is -0.150. The summed E-state index contributed by atoms with van der Waals surface area (Å²) < 4.78 is 4.68. The molecule has 0 aliphatic rings. The number of Topliss-reactive ketones (excluding diaryl/α,β-unsaturated/α-hetero) is 2. The van der Waals surface area contributed by atoms with Crippen molar-refractivity contribution in [3.8, 4) is 0 Å². The second-order valence-corrected chi connectivity index (χ2v) is 5.55. The first-order valence-electron chi connectivity index (χ1n) is 6.31. The number of rotatable bonds is 6. The highest BCUT2D eigenvalue weighted by atomic mass is 35.5. The first-order chi connectivity index (χ1) is 9.79. The van der Waals surface area contributed by atoms with Crippen molar-refractivity contribution in [2.75, 3.05) is 7.11 Å². The fraction of sp³-hybridized carbons (Fsp3) is 0.400. The summed E-state index contributed by atoms with van der Waals surface area (Å²) in [5.41, 5.74) is 0.491. The number of carbonyl (C=O) groups is 3. The molecule has 0 spiro atoms. The van der Waals surface area contributed by atoms with Crippen LogP contribution in [0.1, 0.15) is 31.7 Å². The van der Waals surface area contributed by atoms with Gasteiger partial charge in [0.2, 0.25) is 0 Å². The van der Waals surface area contributed by atoms with Gasteiger partial charge in [-0.05, 0) is 25.5 Å². The van der Waals surface area contributed by atoms with Gasteiger partial charge in [0, 0.05) is 12.3 Å². The van der Waals surface area contributed by atoms with Crippen LogP contribution >= 0.6 is 23.2 Å². The highest BCUT2D eigenvalue weighted by Crippen LogP contribution is 2.37. The van der Waals surface area contributed by atoms with Gasteiger partial charge in [-0.25, -0.2) is 0 Å². The van der Waals surface area contributed by atoms with Crippen LogP contribution in [-0.4, -0.2) is 24.6 Å². The van der Waals surface area contributed by atoms with Gasteiger partial charge in [0.25, 0.3) is 0 Å². The van der Waals surface area contributed by atoms with Crippen molar-refractivity contribution in [3.05, 3.63) is 33.8 Å². The fourth-order valence-corrected chi connectivity index (χ4v) is 2.71. The summed E-state index contributed by atoms with van der Waals surface area (Å²) >= 11 is 12.1. The zero-order valence-corrected chi connectivity index (χ0v) is 13.5. The molecule has 0 radical (unpaired) electrons. The summed E-state index contributed by atoms with van der Waals surface area (Å²) in [5.74, 6) is -3.02. The molecular weight excluding hydrogens is 315 g/mol. The van der Waals surface area contributed by atoms with E-state index in [1.165, 1.54) is 21.0 Å². The SMILES string of the molecule is COC(=O)C(C(C)=O)C(CC(C)=O)c1cccc(Cl)c1Cl. The van der Waals surface area contributed by atoms with Gasteiger partial charge >= 0.3 is 5.97 Å². The molecule has 1 aromatic carbocycles. The van der Waals surface area contributed by atoms with Gasteiger partial charge < -0.3 is 9.53 Å². The van der Waals surface area contributed by atoms with Crippen molar-refractivity contribution in [2.45, 2.75) is 26.2 Å². The minimum atomic E-state index is -1.09. The molecule has 0 fully saturated rings. The Balaban J connectivity index is 3.39. The molecule has 2 atom stereocenters. The number of esters is 1. The van der Waals surface area contributed by atoms with E-state index >= 15 is 0 Å². The standard InChI is InChI=1S/C15H16Cl2O4/c1-8(18)7-11(13(9(2)19)15(20)21-3)10-5-4-6-12(16)14(10)17/h4-6,11,13H,7H2,1-3H3. The molecular formula is C15H16Cl2O4. The molecule has 0 N–H and O–H groups in total. The molecule has 0 aliphatic carbocycles. The highest BCUT2D eigenvalue weighted by molar-refractivity contribution is 6.42. The van der Waals surface area contributed by atoms with Crippen LogP contribution in [0.4, 0.5) is 0 Å². The molecule has 0 saturated heterocycles. The summed E-state index contributed by atoms with van der Waals surface area (Å²) in [6.45, 7) is 2.67. The molecule has 0 heterocycles. The summed E-state index contributed by atoms with van der Waals surface area (Å²) in [4.78, 5) is 35.3. The minimum absolute atomic E-state index is 0.000586. The second-order valence-electron chi connectivity index (χ2n) is 4.77. The largest absolute Gasteiger partial charge is 0.468 e. The smallest absolute Gasteiger partial charge is 0.316 e. The maximum Gasteiger partial charge on any atom is 0.316 e. The lowest BCUT2D eigenvalue weighted by atomic mass is 9.80. The first kappa shape index (κ1) is 17.7. The third-order valence-corrected chi connectivity index (χ3v) is 4.02. The quantitative estimate of drug-likeness (QED) is 0.592. The normalized spacial score (nSPS) is 13.4. The van der Waals surface area contributed by atoms with Crippen molar-refractivity contribution < 1.29 is 19.1 Å². The van der Waals surface area contributed by atoms with Crippen LogP contribution in [0.2, 0.25) is 10.0 Å². The topological polar surface area (TPSA) is 60.4 Å². The molecule has 4 nitrogen and oxygen atoms in total. The average Bonchev–Trinajstić information content (AvgIpc) is 2.40. The van der Waals surface area contributed by atoms with Crippen LogP contribution in [0.25, 0.3) is 0 Å². The summed E-state index contributed by atoms with van der Waals surface area (Å²) in [6.07, 6.45) is -0.000586. The Morgan fingerprint density at radius 1 is 1.19 bits per heavy atom. The number of ketones is 2. The molecule has 0 aliphatic heterocycles. The molecule has 0 saturated carbocycles. The van der Waals surface area contributed by atoms with Gasteiger partial charge in [-0.3, -0.25) is 9.59 Å². The molecule has 2 unspecified atom stereocenters. The van der Waals surface area contributed by atoms with Gasteiger partial charge in [-0.1, -0.05) is 35.3 Å². The average molecular weight is 331 g/mol. The van der Waals surface area contributed by atoms with E-state index in [0.29, 0.717) is 10.6 Å². The molecule has 0 aromatic heterocycles. The third-order valence-electron chi connectivity index (χ3n) is 3.18. The van der Waals surface area contributed by atoms with Crippen molar-refractivity contribution in [1.82, 2.24) is 0 Å². The van der Waals surface area contributed by atoms with E-state index < -0.39 is 17.8 Å². The summed E-state index contributed by atoms with van der Waals surface area (Å²) in [6, 6.07) is 4.91. The van der Waals surface area contributed by atoms with Crippen LogP contribution in [0.15, 0.2) is 18.2 Å². The number of carbonyl (C=O) groups excluding carboxylic acids is 3. The van der Waals surface area contributed by atoms with Crippen molar-refractivity contribution in [1.29, 1.82) is 0 Å². The van der Waals surface area contributed by atoms with Gasteiger partial charge in [0.15, 0.2) is 0 Å². The molecule has 6 heteroatoms. The zero-order valence-electron chi connectivity index (χ0n) is 12.0. The molecule has 0 bridgehead atoms. The summed E-state index contributed by atoms with van der Waals surface area (Å²) in [5, 5.41) is 0.537. The molecule has 21 heavy (non-hydrogen) atoms. The van der Waals surface area contributed by atoms with Crippen LogP contribution in [0, 0.1) is 5.92 Å². The number of benzene rings is 1. The Kier molecular flexibility index (Phi) is 6.37. The number of halogens is 2. The molecule has 0 amide bonds. The number of methoxy groups -OCH3 is 1. The second kappa shape index (κ2) is 7.57. The Morgan fingerprint density at radius 3 is 2.29 bits per heavy atom. The maximum atomic E-state index is 11.9. The molecule has 1 rings (SSSR count).